The van der Waals surface area contributed by atoms with Crippen molar-refractivity contribution in [2.75, 3.05) is 24.6 Å². The molecule has 1 amide bonds. The summed E-state index contributed by atoms with van der Waals surface area (Å²) in [6, 6.07) is 0. The van der Waals surface area contributed by atoms with Crippen molar-refractivity contribution in [2.45, 2.75) is 19.8 Å². The average Bonchev–Trinajstić information content (AvgIpc) is 2.78. The summed E-state index contributed by atoms with van der Waals surface area (Å²) in [5.74, 6) is 1.91. The summed E-state index contributed by atoms with van der Waals surface area (Å²) < 4.78 is 11.2. The Hall–Kier alpha value is -1.24. The normalized spacial score (nSPS) is 17.4. The van der Waals surface area contributed by atoms with E-state index in [2.05, 4.69) is 15.2 Å². The van der Waals surface area contributed by atoms with Gasteiger partial charge in [-0.1, -0.05) is 6.92 Å². The number of aromatic amines is 1. The van der Waals surface area contributed by atoms with Gasteiger partial charge in [-0.05, 0) is 6.42 Å². The predicted octanol–water partition coefficient (Wildman–Crippen LogP) is -0.0383. The van der Waals surface area contributed by atoms with Crippen LogP contribution in [0.25, 0.3) is 0 Å². The number of hydrogen-bond acceptors (Lipinski definition) is 4. The maximum absolute atomic E-state index is 12.0. The smallest absolute Gasteiger partial charge is 0.293 e. The van der Waals surface area contributed by atoms with Gasteiger partial charge in [0, 0.05) is 41.8 Å². The van der Waals surface area contributed by atoms with Gasteiger partial charge in [0.2, 0.25) is 5.82 Å². The molecule has 17 heavy (non-hydrogen) atoms. The monoisotopic (exact) mass is 256 g/mol. The molecule has 1 aromatic heterocycles. The van der Waals surface area contributed by atoms with Crippen LogP contribution in [0.2, 0.25) is 0 Å². The molecule has 0 bridgehead atoms. The van der Waals surface area contributed by atoms with Crippen molar-refractivity contribution in [3.8, 4) is 0 Å². The van der Waals surface area contributed by atoms with E-state index in [-0.39, 0.29) is 11.7 Å². The third kappa shape index (κ3) is 2.91. The summed E-state index contributed by atoms with van der Waals surface area (Å²) in [6.45, 7) is 3.11. The molecule has 0 spiro atoms. The van der Waals surface area contributed by atoms with E-state index >= 15 is 0 Å². The Morgan fingerprint density at radius 1 is 1.47 bits per heavy atom. The van der Waals surface area contributed by atoms with Crippen molar-refractivity contribution in [1.82, 2.24) is 20.1 Å². The van der Waals surface area contributed by atoms with E-state index in [4.69, 9.17) is 0 Å². The van der Waals surface area contributed by atoms with E-state index in [0.29, 0.717) is 24.6 Å². The Morgan fingerprint density at radius 3 is 2.82 bits per heavy atom. The van der Waals surface area contributed by atoms with E-state index in [0.717, 1.165) is 18.7 Å². The lowest BCUT2D eigenvalue weighted by atomic mass is 10.3. The lowest BCUT2D eigenvalue weighted by Gasteiger charge is -2.24. The zero-order valence-corrected chi connectivity index (χ0v) is 10.6. The summed E-state index contributed by atoms with van der Waals surface area (Å²) in [5, 5.41) is 6.69. The van der Waals surface area contributed by atoms with E-state index in [1.807, 2.05) is 6.92 Å². The van der Waals surface area contributed by atoms with Crippen LogP contribution >= 0.6 is 0 Å². The molecule has 94 valence electrons. The van der Waals surface area contributed by atoms with Crippen LogP contribution in [0.4, 0.5) is 0 Å². The largest absolute Gasteiger partial charge is 0.334 e. The van der Waals surface area contributed by atoms with Crippen molar-refractivity contribution in [1.29, 1.82) is 0 Å². The second-order valence-corrected chi connectivity index (χ2v) is 5.69. The number of carbonyl (C=O) groups is 1. The van der Waals surface area contributed by atoms with Gasteiger partial charge >= 0.3 is 0 Å². The first kappa shape index (κ1) is 12.2. The van der Waals surface area contributed by atoms with Gasteiger partial charge in [-0.15, -0.1) is 5.10 Å². The first-order valence-electron chi connectivity index (χ1n) is 5.76. The summed E-state index contributed by atoms with van der Waals surface area (Å²) in [5.41, 5.74) is 0. The number of aromatic nitrogens is 3. The van der Waals surface area contributed by atoms with Crippen molar-refractivity contribution in [3.63, 3.8) is 0 Å². The molecule has 0 radical (unpaired) electrons. The van der Waals surface area contributed by atoms with Crippen molar-refractivity contribution < 1.29 is 9.00 Å². The van der Waals surface area contributed by atoms with Crippen LogP contribution in [-0.2, 0) is 17.2 Å². The Labute approximate surface area is 102 Å². The Balaban J connectivity index is 2.01. The van der Waals surface area contributed by atoms with Crippen LogP contribution in [0.5, 0.6) is 0 Å². The predicted molar refractivity (Wildman–Crippen MR) is 64.2 cm³/mol. The van der Waals surface area contributed by atoms with Gasteiger partial charge in [0.15, 0.2) is 0 Å². The van der Waals surface area contributed by atoms with Crippen molar-refractivity contribution in [3.05, 3.63) is 11.6 Å². The molecular formula is C10H16N4O2S. The van der Waals surface area contributed by atoms with Gasteiger partial charge in [-0.2, -0.15) is 0 Å². The van der Waals surface area contributed by atoms with Crippen molar-refractivity contribution >= 4 is 16.7 Å². The van der Waals surface area contributed by atoms with Gasteiger partial charge < -0.3 is 4.90 Å². The van der Waals surface area contributed by atoms with Gasteiger partial charge in [0.25, 0.3) is 5.91 Å². The molecule has 0 saturated carbocycles. The number of rotatable bonds is 3. The topological polar surface area (TPSA) is 79.0 Å². The second-order valence-electron chi connectivity index (χ2n) is 4.00. The zero-order valence-electron chi connectivity index (χ0n) is 9.81. The molecule has 1 N–H and O–H groups in total. The first-order chi connectivity index (χ1) is 8.20. The van der Waals surface area contributed by atoms with E-state index in [9.17, 15) is 9.00 Å². The Bertz CT molecular complexity index is 422. The number of nitrogens with one attached hydrogen (secondary N) is 1. The number of nitrogens with zero attached hydrogens (tertiary/aromatic N) is 3. The lowest BCUT2D eigenvalue weighted by Crippen LogP contribution is -2.42. The standard InChI is InChI=1S/C10H16N4O2S/c1-2-3-8-11-9(13-12-8)10(15)14-4-6-17(16)7-5-14/h2-7H2,1H3,(H,11,12,13). The van der Waals surface area contributed by atoms with Crippen molar-refractivity contribution in [2.24, 2.45) is 0 Å². The van der Waals surface area contributed by atoms with E-state index < -0.39 is 10.8 Å². The molecule has 1 aliphatic rings. The summed E-state index contributed by atoms with van der Waals surface area (Å²) >= 11 is 0. The van der Waals surface area contributed by atoms with Crippen LogP contribution in [0.3, 0.4) is 0 Å². The van der Waals surface area contributed by atoms with E-state index in [1.54, 1.807) is 4.90 Å². The van der Waals surface area contributed by atoms with Gasteiger partial charge in [0.1, 0.15) is 5.82 Å². The molecule has 0 unspecified atom stereocenters. The molecule has 1 saturated heterocycles. The minimum absolute atomic E-state index is 0.166. The number of carbonyl (C=O) groups excluding carboxylic acids is 1. The van der Waals surface area contributed by atoms with Crippen LogP contribution in [-0.4, -0.2) is 54.8 Å². The van der Waals surface area contributed by atoms with Crippen LogP contribution in [0.15, 0.2) is 0 Å². The lowest BCUT2D eigenvalue weighted by molar-refractivity contribution is 0.0759. The van der Waals surface area contributed by atoms with Crippen LogP contribution in [0, 0.1) is 0 Å². The van der Waals surface area contributed by atoms with E-state index in [1.165, 1.54) is 0 Å². The molecule has 2 heterocycles. The number of aryl methyl sites for hydroxylation is 1. The van der Waals surface area contributed by atoms with Gasteiger partial charge in [-0.3, -0.25) is 14.1 Å². The van der Waals surface area contributed by atoms with Gasteiger partial charge in [-0.25, -0.2) is 4.98 Å². The van der Waals surface area contributed by atoms with Crippen LogP contribution in [0.1, 0.15) is 29.8 Å². The van der Waals surface area contributed by atoms with Gasteiger partial charge in [0.05, 0.1) is 0 Å². The molecule has 1 fully saturated rings. The summed E-state index contributed by atoms with van der Waals surface area (Å²) in [7, 11) is -0.774. The highest BCUT2D eigenvalue weighted by molar-refractivity contribution is 7.85. The molecule has 6 nitrogen and oxygen atoms in total. The SMILES string of the molecule is CCCc1nc(C(=O)N2CCS(=O)CC2)n[nH]1. The fourth-order valence-electron chi connectivity index (χ4n) is 1.72. The highest BCUT2D eigenvalue weighted by atomic mass is 32.2. The molecule has 2 rings (SSSR count). The number of amides is 1. The highest BCUT2D eigenvalue weighted by Crippen LogP contribution is 2.05. The molecule has 1 aliphatic heterocycles. The third-order valence-corrected chi connectivity index (χ3v) is 3.95. The third-order valence-electron chi connectivity index (χ3n) is 2.67. The summed E-state index contributed by atoms with van der Waals surface area (Å²) in [4.78, 5) is 17.8. The zero-order chi connectivity index (χ0) is 12.3. The molecule has 7 heteroatoms. The second kappa shape index (κ2) is 5.39. The quantitative estimate of drug-likeness (QED) is 0.823. The maximum Gasteiger partial charge on any atom is 0.293 e. The average molecular weight is 256 g/mol. The van der Waals surface area contributed by atoms with Crippen LogP contribution < -0.4 is 0 Å². The first-order valence-corrected chi connectivity index (χ1v) is 7.25. The number of hydrogen-bond donors (Lipinski definition) is 1. The fraction of sp³-hybridized carbons (Fsp3) is 0.700. The number of H-pyrrole nitrogens is 1. The minimum Gasteiger partial charge on any atom is -0.334 e. The molecular weight excluding hydrogens is 240 g/mol. The minimum atomic E-state index is -0.774. The molecule has 1 aromatic rings. The maximum atomic E-state index is 12.0. The Kier molecular flexibility index (Phi) is 3.88. The summed E-state index contributed by atoms with van der Waals surface area (Å²) in [6.07, 6.45) is 1.76. The molecule has 0 aromatic carbocycles. The Morgan fingerprint density at radius 2 is 2.18 bits per heavy atom. The molecule has 0 aliphatic carbocycles. The highest BCUT2D eigenvalue weighted by Gasteiger charge is 2.24. The molecule has 0 atom stereocenters. The fourth-order valence-corrected chi connectivity index (χ4v) is 2.77.